The monoisotopic (exact) mass is 811 g/mol. The molecule has 5 nitrogen and oxygen atoms in total. The lowest BCUT2D eigenvalue weighted by Crippen LogP contribution is -2.30. The molecule has 1 atom stereocenters. The summed E-state index contributed by atoms with van der Waals surface area (Å²) < 4.78 is 17.4. The molecule has 0 amide bonds. The first-order valence-corrected chi connectivity index (χ1v) is 24.8. The van der Waals surface area contributed by atoms with Crippen molar-refractivity contribution >= 4 is 11.9 Å². The highest BCUT2D eigenvalue weighted by Crippen LogP contribution is 2.15. The summed E-state index contributed by atoms with van der Waals surface area (Å²) in [4.78, 5) is 25.3. The van der Waals surface area contributed by atoms with Crippen LogP contribution in [-0.2, 0) is 23.8 Å². The van der Waals surface area contributed by atoms with Crippen molar-refractivity contribution in [2.24, 2.45) is 0 Å². The van der Waals surface area contributed by atoms with Gasteiger partial charge >= 0.3 is 11.9 Å². The zero-order valence-electron chi connectivity index (χ0n) is 38.6. The summed E-state index contributed by atoms with van der Waals surface area (Å²) in [7, 11) is 0. The third-order valence-electron chi connectivity index (χ3n) is 10.5. The summed E-state index contributed by atoms with van der Waals surface area (Å²) in [5.74, 6) is -0.416. The third-order valence-corrected chi connectivity index (χ3v) is 10.5. The molecule has 1 unspecified atom stereocenters. The number of ether oxygens (including phenoxy) is 3. The van der Waals surface area contributed by atoms with Crippen molar-refractivity contribution in [1.29, 1.82) is 0 Å². The largest absolute Gasteiger partial charge is 0.462 e. The molecule has 5 heteroatoms. The Labute approximate surface area is 360 Å². The number of unbranched alkanes of at least 4 members (excludes halogenated alkanes) is 24. The van der Waals surface area contributed by atoms with E-state index in [2.05, 4.69) is 81.5 Å². The second kappa shape index (κ2) is 49.0. The van der Waals surface area contributed by atoms with E-state index < -0.39 is 6.10 Å². The summed E-state index contributed by atoms with van der Waals surface area (Å²) in [6.07, 6.45) is 60.8. The van der Waals surface area contributed by atoms with E-state index in [1.54, 1.807) is 0 Å². The van der Waals surface area contributed by atoms with Crippen LogP contribution >= 0.6 is 0 Å². The number of carbonyl (C=O) groups excluding carboxylic acids is 2. The predicted molar refractivity (Wildman–Crippen MR) is 251 cm³/mol. The number of rotatable bonds is 45. The average Bonchev–Trinajstić information content (AvgIpc) is 3.22. The highest BCUT2D eigenvalue weighted by Gasteiger charge is 2.17. The first kappa shape index (κ1) is 55.6. The van der Waals surface area contributed by atoms with Gasteiger partial charge in [0.1, 0.15) is 6.61 Å². The predicted octanol–water partition coefficient (Wildman–Crippen LogP) is 16.6. The molecular weight excluding hydrogens is 717 g/mol. The SMILES string of the molecule is CC/C=C\C/C=C\C/C=C\CCCCCCCCOCC(COC(=O)CCCCCCC/C=C\C/C=C\CCC)OC(=O)CCCCCCCCCCCCCCC. The van der Waals surface area contributed by atoms with Crippen LogP contribution < -0.4 is 0 Å². The lowest BCUT2D eigenvalue weighted by atomic mass is 10.0. The van der Waals surface area contributed by atoms with Crippen molar-refractivity contribution in [2.75, 3.05) is 19.8 Å². The number of hydrogen-bond acceptors (Lipinski definition) is 5. The van der Waals surface area contributed by atoms with Crippen molar-refractivity contribution in [3.05, 3.63) is 60.8 Å². The normalized spacial score (nSPS) is 12.7. The Hall–Kier alpha value is -2.40. The van der Waals surface area contributed by atoms with Gasteiger partial charge in [0.15, 0.2) is 6.10 Å². The van der Waals surface area contributed by atoms with E-state index in [0.717, 1.165) is 83.5 Å². The molecule has 0 saturated heterocycles. The van der Waals surface area contributed by atoms with Gasteiger partial charge in [-0.3, -0.25) is 9.59 Å². The number of allylic oxidation sites excluding steroid dienone is 10. The van der Waals surface area contributed by atoms with Crippen LogP contribution in [0.1, 0.15) is 239 Å². The molecule has 0 aliphatic heterocycles. The number of hydrogen-bond donors (Lipinski definition) is 0. The Balaban J connectivity index is 4.29. The molecule has 58 heavy (non-hydrogen) atoms. The molecule has 0 aromatic carbocycles. The fraction of sp³-hybridized carbons (Fsp3) is 0.774. The van der Waals surface area contributed by atoms with E-state index >= 15 is 0 Å². The molecule has 0 bridgehead atoms. The highest BCUT2D eigenvalue weighted by atomic mass is 16.6. The topological polar surface area (TPSA) is 61.8 Å². The molecule has 0 aromatic rings. The smallest absolute Gasteiger partial charge is 0.306 e. The van der Waals surface area contributed by atoms with Gasteiger partial charge in [-0.1, -0.05) is 210 Å². The van der Waals surface area contributed by atoms with E-state index in [1.165, 1.54) is 122 Å². The van der Waals surface area contributed by atoms with Gasteiger partial charge in [-0.25, -0.2) is 0 Å². The maximum Gasteiger partial charge on any atom is 0.306 e. The van der Waals surface area contributed by atoms with E-state index in [-0.39, 0.29) is 25.2 Å². The van der Waals surface area contributed by atoms with Crippen LogP contribution in [0.5, 0.6) is 0 Å². The van der Waals surface area contributed by atoms with Crippen molar-refractivity contribution < 1.29 is 23.8 Å². The minimum atomic E-state index is -0.546. The molecule has 0 spiro atoms. The summed E-state index contributed by atoms with van der Waals surface area (Å²) in [5.41, 5.74) is 0. The van der Waals surface area contributed by atoms with Gasteiger partial charge < -0.3 is 14.2 Å². The summed E-state index contributed by atoms with van der Waals surface area (Å²) in [6.45, 7) is 7.63. The molecular formula is C53H94O5. The number of esters is 2. The Morgan fingerprint density at radius 3 is 1.31 bits per heavy atom. The molecule has 0 aromatic heterocycles. The van der Waals surface area contributed by atoms with Crippen molar-refractivity contribution in [3.63, 3.8) is 0 Å². The van der Waals surface area contributed by atoms with Crippen molar-refractivity contribution in [3.8, 4) is 0 Å². The number of carbonyl (C=O) groups is 2. The van der Waals surface area contributed by atoms with Crippen LogP contribution in [0.25, 0.3) is 0 Å². The molecule has 0 heterocycles. The standard InChI is InChI=1S/C53H94O5/c1-4-7-10-13-16-19-22-25-26-27-30-33-36-39-42-45-48-56-49-51(58-53(55)47-44-41-38-35-32-29-24-21-18-15-12-9-6-3)50-57-52(54)46-43-40-37-34-31-28-23-20-17-14-11-8-5-2/h7,10-11,14,16,19-20,23,25-26,51H,4-6,8-9,12-13,15,17-18,21-22,24,27-50H2,1-3H3/b10-7-,14-11-,19-16-,23-20-,26-25-. The Morgan fingerprint density at radius 2 is 0.810 bits per heavy atom. The third kappa shape index (κ3) is 46.3. The Kier molecular flexibility index (Phi) is 46.9. The van der Waals surface area contributed by atoms with Gasteiger partial charge in [-0.2, -0.15) is 0 Å². The molecule has 0 radical (unpaired) electrons. The van der Waals surface area contributed by atoms with Gasteiger partial charge in [0.2, 0.25) is 0 Å². The highest BCUT2D eigenvalue weighted by molar-refractivity contribution is 5.70. The Bertz CT molecular complexity index is 1010. The van der Waals surface area contributed by atoms with E-state index in [4.69, 9.17) is 14.2 Å². The molecule has 0 N–H and O–H groups in total. The van der Waals surface area contributed by atoms with E-state index in [0.29, 0.717) is 19.4 Å². The molecule has 0 rings (SSSR count). The minimum absolute atomic E-state index is 0.0736. The molecule has 0 fully saturated rings. The van der Waals surface area contributed by atoms with Gasteiger partial charge in [0.25, 0.3) is 0 Å². The van der Waals surface area contributed by atoms with Gasteiger partial charge in [-0.05, 0) is 77.0 Å². The first-order valence-electron chi connectivity index (χ1n) is 24.8. The fourth-order valence-electron chi connectivity index (χ4n) is 6.86. The van der Waals surface area contributed by atoms with Crippen LogP contribution in [0.3, 0.4) is 0 Å². The average molecular weight is 811 g/mol. The fourth-order valence-corrected chi connectivity index (χ4v) is 6.86. The second-order valence-corrected chi connectivity index (χ2v) is 16.3. The summed E-state index contributed by atoms with van der Waals surface area (Å²) in [6, 6.07) is 0. The van der Waals surface area contributed by atoms with Crippen molar-refractivity contribution in [1.82, 2.24) is 0 Å². The summed E-state index contributed by atoms with van der Waals surface area (Å²) in [5, 5.41) is 0. The quantitative estimate of drug-likeness (QED) is 0.0348. The first-order chi connectivity index (χ1) is 28.6. The Morgan fingerprint density at radius 1 is 0.397 bits per heavy atom. The molecule has 336 valence electrons. The van der Waals surface area contributed by atoms with Gasteiger partial charge in [0, 0.05) is 19.4 Å². The maximum atomic E-state index is 12.8. The zero-order chi connectivity index (χ0) is 42.1. The van der Waals surface area contributed by atoms with Gasteiger partial charge in [-0.15, -0.1) is 0 Å². The lowest BCUT2D eigenvalue weighted by molar-refractivity contribution is -0.163. The van der Waals surface area contributed by atoms with E-state index in [1.807, 2.05) is 0 Å². The van der Waals surface area contributed by atoms with E-state index in [9.17, 15) is 9.59 Å². The zero-order valence-corrected chi connectivity index (χ0v) is 38.6. The molecule has 0 aliphatic rings. The lowest BCUT2D eigenvalue weighted by Gasteiger charge is -2.18. The maximum absolute atomic E-state index is 12.8. The minimum Gasteiger partial charge on any atom is -0.462 e. The molecule has 0 saturated carbocycles. The van der Waals surface area contributed by atoms with Crippen LogP contribution in [0, 0.1) is 0 Å². The van der Waals surface area contributed by atoms with Crippen LogP contribution in [-0.4, -0.2) is 37.9 Å². The summed E-state index contributed by atoms with van der Waals surface area (Å²) >= 11 is 0. The van der Waals surface area contributed by atoms with Crippen LogP contribution in [0.4, 0.5) is 0 Å². The molecule has 0 aliphatic carbocycles. The second-order valence-electron chi connectivity index (χ2n) is 16.3. The van der Waals surface area contributed by atoms with Crippen LogP contribution in [0.15, 0.2) is 60.8 Å². The van der Waals surface area contributed by atoms with Crippen molar-refractivity contribution in [2.45, 2.75) is 245 Å². The van der Waals surface area contributed by atoms with Gasteiger partial charge in [0.05, 0.1) is 6.61 Å². The van der Waals surface area contributed by atoms with Crippen LogP contribution in [0.2, 0.25) is 0 Å².